The second-order valence-electron chi connectivity index (χ2n) is 2.88. The molecule has 0 aliphatic carbocycles. The van der Waals surface area contributed by atoms with E-state index in [1.807, 2.05) is 0 Å². The first kappa shape index (κ1) is 12.8. The van der Waals surface area contributed by atoms with Gasteiger partial charge in [0.25, 0.3) is 0 Å². The lowest BCUT2D eigenvalue weighted by Crippen LogP contribution is -2.20. The quantitative estimate of drug-likeness (QED) is 0.873. The summed E-state index contributed by atoms with van der Waals surface area (Å²) < 4.78 is 39.8. The van der Waals surface area contributed by atoms with Gasteiger partial charge in [0.05, 0.1) is 6.42 Å². The van der Waals surface area contributed by atoms with E-state index in [0.29, 0.717) is 0 Å². The van der Waals surface area contributed by atoms with E-state index in [0.717, 1.165) is 12.3 Å². The molecule has 0 saturated carbocycles. The van der Waals surface area contributed by atoms with E-state index >= 15 is 0 Å². The maximum absolute atomic E-state index is 12.1. The van der Waals surface area contributed by atoms with Crippen LogP contribution < -0.4 is 4.74 Å². The summed E-state index contributed by atoms with van der Waals surface area (Å²) in [6.45, 7) is 0. The van der Waals surface area contributed by atoms with Crippen LogP contribution in [0.5, 0.6) is 5.75 Å². The van der Waals surface area contributed by atoms with Crippen molar-refractivity contribution in [3.8, 4) is 11.8 Å². The van der Waals surface area contributed by atoms with Crippen LogP contribution in [-0.4, -0.2) is 22.4 Å². The Labute approximate surface area is 93.1 Å². The summed E-state index contributed by atoms with van der Waals surface area (Å²) >= 11 is 0. The molecule has 1 heterocycles. The number of halogens is 3. The number of rotatable bonds is 3. The van der Waals surface area contributed by atoms with Gasteiger partial charge in [-0.3, -0.25) is 4.79 Å². The minimum atomic E-state index is -5.01. The average Bonchev–Trinajstić information content (AvgIpc) is 2.17. The summed E-state index contributed by atoms with van der Waals surface area (Å²) in [5, 5.41) is 17.1. The van der Waals surface area contributed by atoms with Crippen molar-refractivity contribution in [2.75, 3.05) is 0 Å². The molecule has 0 radical (unpaired) electrons. The molecule has 0 bridgehead atoms. The zero-order chi connectivity index (χ0) is 13.1. The number of nitriles is 1. The maximum atomic E-state index is 12.1. The van der Waals surface area contributed by atoms with Crippen molar-refractivity contribution in [3.63, 3.8) is 0 Å². The van der Waals surface area contributed by atoms with Crippen molar-refractivity contribution in [1.29, 1.82) is 5.26 Å². The Kier molecular flexibility index (Phi) is 3.52. The predicted octanol–water partition coefficient (Wildman–Crippen LogP) is 1.48. The fourth-order valence-corrected chi connectivity index (χ4v) is 1.10. The molecule has 0 aliphatic heterocycles. The van der Waals surface area contributed by atoms with Gasteiger partial charge < -0.3 is 9.84 Å². The van der Waals surface area contributed by atoms with Crippen LogP contribution in [0.2, 0.25) is 0 Å². The second kappa shape index (κ2) is 4.69. The summed E-state index contributed by atoms with van der Waals surface area (Å²) in [5.41, 5.74) is -0.873. The van der Waals surface area contributed by atoms with Gasteiger partial charge in [-0.1, -0.05) is 0 Å². The van der Waals surface area contributed by atoms with Gasteiger partial charge in [-0.05, 0) is 6.07 Å². The summed E-state index contributed by atoms with van der Waals surface area (Å²) in [4.78, 5) is 13.8. The first-order valence-corrected chi connectivity index (χ1v) is 4.19. The van der Waals surface area contributed by atoms with E-state index in [9.17, 15) is 18.0 Å². The molecule has 0 spiro atoms. The lowest BCUT2D eigenvalue weighted by Gasteiger charge is -2.12. The smallest absolute Gasteiger partial charge is 0.481 e. The van der Waals surface area contributed by atoms with Crippen LogP contribution >= 0.6 is 0 Å². The highest BCUT2D eigenvalue weighted by Gasteiger charge is 2.34. The lowest BCUT2D eigenvalue weighted by molar-refractivity contribution is -0.275. The number of pyridine rings is 1. The molecule has 1 aromatic heterocycles. The van der Waals surface area contributed by atoms with Gasteiger partial charge in [-0.15, -0.1) is 13.2 Å². The first-order chi connectivity index (χ1) is 7.83. The fraction of sp³-hybridized carbons (Fsp3) is 0.222. The van der Waals surface area contributed by atoms with Crippen molar-refractivity contribution in [2.24, 2.45) is 0 Å². The molecule has 17 heavy (non-hydrogen) atoms. The summed E-state index contributed by atoms with van der Waals surface area (Å²) in [6.07, 6.45) is -4.66. The molecule has 0 aromatic carbocycles. The molecular weight excluding hydrogens is 241 g/mol. The van der Waals surface area contributed by atoms with Gasteiger partial charge in [0.1, 0.15) is 6.07 Å². The molecule has 1 rings (SSSR count). The molecule has 1 aromatic rings. The molecule has 5 nitrogen and oxygen atoms in total. The molecule has 0 atom stereocenters. The molecule has 0 saturated heterocycles. The largest absolute Gasteiger partial charge is 0.573 e. The van der Waals surface area contributed by atoms with Crippen molar-refractivity contribution in [3.05, 3.63) is 23.5 Å². The van der Waals surface area contributed by atoms with Crippen LogP contribution in [-0.2, 0) is 11.2 Å². The third kappa shape index (κ3) is 3.64. The Morgan fingerprint density at radius 2 is 2.24 bits per heavy atom. The zero-order valence-electron chi connectivity index (χ0n) is 8.15. The van der Waals surface area contributed by atoms with Crippen molar-refractivity contribution in [2.45, 2.75) is 12.8 Å². The molecule has 0 fully saturated rings. The van der Waals surface area contributed by atoms with E-state index in [4.69, 9.17) is 10.4 Å². The number of aliphatic carboxylic acids is 1. The number of hydrogen-bond acceptors (Lipinski definition) is 4. The van der Waals surface area contributed by atoms with Crippen molar-refractivity contribution < 1.29 is 27.8 Å². The van der Waals surface area contributed by atoms with Crippen LogP contribution in [0.1, 0.15) is 11.3 Å². The monoisotopic (exact) mass is 246 g/mol. The minimum Gasteiger partial charge on any atom is -0.481 e. The number of hydrogen-bond donors (Lipinski definition) is 1. The van der Waals surface area contributed by atoms with Gasteiger partial charge in [0, 0.05) is 11.8 Å². The van der Waals surface area contributed by atoms with E-state index in [1.54, 1.807) is 0 Å². The molecule has 90 valence electrons. The number of carboxylic acids is 1. The fourth-order valence-electron chi connectivity index (χ4n) is 1.10. The average molecular weight is 246 g/mol. The Hall–Kier alpha value is -2.30. The van der Waals surface area contributed by atoms with Crippen LogP contribution in [0.25, 0.3) is 0 Å². The number of carboxylic acid groups (broad SMARTS) is 1. The van der Waals surface area contributed by atoms with Gasteiger partial charge >= 0.3 is 12.3 Å². The molecule has 8 heteroatoms. The van der Waals surface area contributed by atoms with Gasteiger partial charge in [0.2, 0.25) is 0 Å². The van der Waals surface area contributed by atoms with Crippen LogP contribution in [0.15, 0.2) is 12.3 Å². The van der Waals surface area contributed by atoms with Crippen LogP contribution in [0.3, 0.4) is 0 Å². The predicted molar refractivity (Wildman–Crippen MR) is 47.0 cm³/mol. The molecule has 0 unspecified atom stereocenters. The number of carbonyl (C=O) groups is 1. The lowest BCUT2D eigenvalue weighted by atomic mass is 10.1. The molecule has 1 N–H and O–H groups in total. The topological polar surface area (TPSA) is 83.2 Å². The Morgan fingerprint density at radius 3 is 2.71 bits per heavy atom. The Bertz CT molecular complexity index is 479. The number of aromatic nitrogens is 1. The third-order valence-corrected chi connectivity index (χ3v) is 1.65. The number of ether oxygens (including phenoxy) is 1. The van der Waals surface area contributed by atoms with Crippen LogP contribution in [0.4, 0.5) is 13.2 Å². The second-order valence-corrected chi connectivity index (χ2v) is 2.88. The van der Waals surface area contributed by atoms with Crippen LogP contribution in [0, 0.1) is 11.3 Å². The Balaban J connectivity index is 3.21. The molecule has 0 aliphatic rings. The maximum Gasteiger partial charge on any atom is 0.573 e. The van der Waals surface area contributed by atoms with Gasteiger partial charge in [-0.25, -0.2) is 4.98 Å². The van der Waals surface area contributed by atoms with Gasteiger partial charge in [-0.2, -0.15) is 5.26 Å². The number of nitrogens with zero attached hydrogens (tertiary/aromatic N) is 2. The highest BCUT2D eigenvalue weighted by atomic mass is 19.4. The number of alkyl halides is 3. The SMILES string of the molecule is N#Cc1nccc(CC(=O)O)c1OC(F)(F)F. The summed E-state index contributed by atoms with van der Waals surface area (Å²) in [6, 6.07) is 2.45. The van der Waals surface area contributed by atoms with Gasteiger partial charge in [0.15, 0.2) is 11.4 Å². The summed E-state index contributed by atoms with van der Waals surface area (Å²) in [7, 11) is 0. The highest BCUT2D eigenvalue weighted by molar-refractivity contribution is 5.71. The third-order valence-electron chi connectivity index (χ3n) is 1.65. The van der Waals surface area contributed by atoms with E-state index < -0.39 is 30.2 Å². The van der Waals surface area contributed by atoms with E-state index in [-0.39, 0.29) is 5.56 Å². The Morgan fingerprint density at radius 1 is 1.59 bits per heavy atom. The standard InChI is InChI=1S/C9H5F3N2O3/c10-9(11,12)17-8-5(3-7(15)16)1-2-14-6(8)4-13/h1-2H,3H2,(H,15,16). The van der Waals surface area contributed by atoms with Crippen molar-refractivity contribution >= 4 is 5.97 Å². The summed E-state index contributed by atoms with van der Waals surface area (Å²) in [5.74, 6) is -2.21. The van der Waals surface area contributed by atoms with E-state index in [2.05, 4.69) is 9.72 Å². The normalized spacial score (nSPS) is 10.7. The van der Waals surface area contributed by atoms with Crippen molar-refractivity contribution in [1.82, 2.24) is 4.98 Å². The van der Waals surface area contributed by atoms with E-state index in [1.165, 1.54) is 6.07 Å². The minimum absolute atomic E-state index is 0.263. The highest BCUT2D eigenvalue weighted by Crippen LogP contribution is 2.28. The zero-order valence-corrected chi connectivity index (χ0v) is 8.15. The first-order valence-electron chi connectivity index (χ1n) is 4.19. The molecule has 0 amide bonds. The molecular formula is C9H5F3N2O3.